The molecule has 0 saturated heterocycles. The van der Waals surface area contributed by atoms with Crippen molar-refractivity contribution in [3.05, 3.63) is 75.8 Å². The predicted octanol–water partition coefficient (Wildman–Crippen LogP) is 2.16. The van der Waals surface area contributed by atoms with Crippen molar-refractivity contribution in [2.45, 2.75) is 31.9 Å². The van der Waals surface area contributed by atoms with E-state index in [0.29, 0.717) is 18.2 Å². The third-order valence-electron chi connectivity index (χ3n) is 4.53. The molecule has 0 aliphatic rings. The molecule has 0 aliphatic heterocycles. The largest absolute Gasteiger partial charge is 0.382 e. The van der Waals surface area contributed by atoms with Crippen molar-refractivity contribution in [1.82, 2.24) is 0 Å². The Labute approximate surface area is 142 Å². The smallest absolute Gasteiger partial charge is 0.269 e. The number of likely N-dealkylation sites (N-methyl/N-ethyl adjacent to an activating group) is 1. The van der Waals surface area contributed by atoms with Crippen LogP contribution in [0.15, 0.2) is 54.6 Å². The third kappa shape index (κ3) is 5.15. The number of rotatable bonds is 8. The lowest BCUT2D eigenvalue weighted by Crippen LogP contribution is -3.13. The molecule has 1 unspecified atom stereocenters. The summed E-state index contributed by atoms with van der Waals surface area (Å²) in [5.41, 5.74) is 1.93. The average Bonchev–Trinajstić information content (AvgIpc) is 2.60. The van der Waals surface area contributed by atoms with Gasteiger partial charge in [-0.15, -0.1) is 0 Å². The first-order chi connectivity index (χ1) is 11.5. The average molecular weight is 329 g/mol. The van der Waals surface area contributed by atoms with Gasteiger partial charge < -0.3 is 10.0 Å². The van der Waals surface area contributed by atoms with E-state index in [1.165, 1.54) is 22.6 Å². The molecule has 2 N–H and O–H groups in total. The lowest BCUT2D eigenvalue weighted by molar-refractivity contribution is -0.908. The zero-order valence-corrected chi connectivity index (χ0v) is 14.2. The molecular formula is C19H25N2O3+. The summed E-state index contributed by atoms with van der Waals surface area (Å²) in [6.45, 7) is 2.69. The fourth-order valence-corrected chi connectivity index (χ4v) is 2.74. The first kappa shape index (κ1) is 18.1. The maximum Gasteiger partial charge on any atom is 0.269 e. The Morgan fingerprint density at radius 3 is 2.54 bits per heavy atom. The van der Waals surface area contributed by atoms with E-state index in [-0.39, 0.29) is 5.69 Å². The molecule has 3 atom stereocenters. The number of aryl methyl sites for hydroxylation is 1. The van der Waals surface area contributed by atoms with E-state index in [4.69, 9.17) is 0 Å². The molecule has 0 fully saturated rings. The molecule has 5 heteroatoms. The van der Waals surface area contributed by atoms with Crippen LogP contribution in [0.25, 0.3) is 0 Å². The first-order valence-electron chi connectivity index (χ1n) is 8.26. The molecule has 2 aromatic rings. The van der Waals surface area contributed by atoms with Crippen molar-refractivity contribution in [3.63, 3.8) is 0 Å². The molecule has 0 aliphatic carbocycles. The highest BCUT2D eigenvalue weighted by Crippen LogP contribution is 2.18. The molecule has 0 heterocycles. The van der Waals surface area contributed by atoms with Crippen molar-refractivity contribution >= 4 is 5.69 Å². The quantitative estimate of drug-likeness (QED) is 0.576. The van der Waals surface area contributed by atoms with Gasteiger partial charge in [-0.05, 0) is 24.5 Å². The van der Waals surface area contributed by atoms with Crippen LogP contribution < -0.4 is 4.90 Å². The second kappa shape index (κ2) is 8.57. The second-order valence-electron chi connectivity index (χ2n) is 6.34. The Kier molecular flexibility index (Phi) is 6.46. The summed E-state index contributed by atoms with van der Waals surface area (Å²) in [6, 6.07) is 17.0. The van der Waals surface area contributed by atoms with Gasteiger partial charge in [-0.1, -0.05) is 42.5 Å². The Bertz CT molecular complexity index is 661. The third-order valence-corrected chi connectivity index (χ3v) is 4.53. The fraction of sp³-hybridized carbons (Fsp3) is 0.368. The standard InChI is InChI=1S/C19H24N2O3/c1-15(11-12-16-7-4-3-5-8-16)20(2)14-19(22)17-9-6-10-18(13-17)21(23)24/h3-10,13,15,19,22H,11-12,14H2,1-2H3/p+1/t15-,19-/m0/s1. The monoisotopic (exact) mass is 329 g/mol. The van der Waals surface area contributed by atoms with E-state index in [0.717, 1.165) is 12.8 Å². The number of nitro benzene ring substituents is 1. The van der Waals surface area contributed by atoms with Gasteiger partial charge in [0.25, 0.3) is 5.69 Å². The Morgan fingerprint density at radius 2 is 1.88 bits per heavy atom. The van der Waals surface area contributed by atoms with Gasteiger partial charge in [0.2, 0.25) is 0 Å². The van der Waals surface area contributed by atoms with Crippen LogP contribution in [0.2, 0.25) is 0 Å². The Hall–Kier alpha value is -2.24. The lowest BCUT2D eigenvalue weighted by atomic mass is 10.0. The van der Waals surface area contributed by atoms with Crippen molar-refractivity contribution < 1.29 is 14.9 Å². The van der Waals surface area contributed by atoms with Gasteiger partial charge in [0.15, 0.2) is 0 Å². The molecule has 5 nitrogen and oxygen atoms in total. The zero-order valence-electron chi connectivity index (χ0n) is 14.2. The van der Waals surface area contributed by atoms with Crippen molar-refractivity contribution in [3.8, 4) is 0 Å². The summed E-state index contributed by atoms with van der Waals surface area (Å²) in [6.07, 6.45) is 1.33. The van der Waals surface area contributed by atoms with E-state index >= 15 is 0 Å². The van der Waals surface area contributed by atoms with Gasteiger partial charge >= 0.3 is 0 Å². The molecule has 0 saturated carbocycles. The number of nitro groups is 1. The summed E-state index contributed by atoms with van der Waals surface area (Å²) in [4.78, 5) is 11.6. The van der Waals surface area contributed by atoms with E-state index in [1.807, 2.05) is 18.2 Å². The fourth-order valence-electron chi connectivity index (χ4n) is 2.74. The van der Waals surface area contributed by atoms with Crippen LogP contribution in [0, 0.1) is 10.1 Å². The minimum Gasteiger partial charge on any atom is -0.382 e. The van der Waals surface area contributed by atoms with E-state index in [2.05, 4.69) is 26.1 Å². The summed E-state index contributed by atoms with van der Waals surface area (Å²) in [5, 5.41) is 21.2. The maximum atomic E-state index is 10.8. The number of benzene rings is 2. The molecular weight excluding hydrogens is 304 g/mol. The number of non-ortho nitro benzene ring substituents is 1. The molecule has 0 radical (unpaired) electrons. The highest BCUT2D eigenvalue weighted by molar-refractivity contribution is 5.35. The number of aliphatic hydroxyl groups is 1. The normalized spacial score (nSPS) is 14.8. The van der Waals surface area contributed by atoms with Crippen LogP contribution in [0.1, 0.15) is 30.6 Å². The summed E-state index contributed by atoms with van der Waals surface area (Å²) >= 11 is 0. The van der Waals surface area contributed by atoms with Gasteiger partial charge in [0.05, 0.1) is 18.0 Å². The molecule has 0 spiro atoms. The van der Waals surface area contributed by atoms with Crippen LogP contribution in [0.5, 0.6) is 0 Å². The second-order valence-corrected chi connectivity index (χ2v) is 6.34. The lowest BCUT2D eigenvalue weighted by Gasteiger charge is -2.24. The summed E-state index contributed by atoms with van der Waals surface area (Å²) < 4.78 is 0. The van der Waals surface area contributed by atoms with Crippen molar-refractivity contribution in [2.24, 2.45) is 0 Å². The first-order valence-corrected chi connectivity index (χ1v) is 8.26. The molecule has 0 amide bonds. The number of nitrogens with zero attached hydrogens (tertiary/aromatic N) is 1. The molecule has 128 valence electrons. The highest BCUT2D eigenvalue weighted by Gasteiger charge is 2.20. The van der Waals surface area contributed by atoms with Gasteiger partial charge in [-0.3, -0.25) is 10.1 Å². The van der Waals surface area contributed by atoms with Gasteiger partial charge in [0.1, 0.15) is 12.6 Å². The van der Waals surface area contributed by atoms with Gasteiger partial charge in [-0.2, -0.15) is 0 Å². The number of quaternary nitrogens is 1. The van der Waals surface area contributed by atoms with E-state index in [1.54, 1.807) is 12.1 Å². The molecule has 2 rings (SSSR count). The number of hydrogen-bond acceptors (Lipinski definition) is 3. The SMILES string of the molecule is C[C@@H](CCc1ccccc1)[NH+](C)C[C@H](O)c1cccc([N+](=O)[O-])c1. The molecule has 2 aromatic carbocycles. The Balaban J connectivity index is 1.89. The number of hydrogen-bond donors (Lipinski definition) is 2. The van der Waals surface area contributed by atoms with Crippen LogP contribution in [0.4, 0.5) is 5.69 Å². The molecule has 0 bridgehead atoms. The summed E-state index contributed by atoms with van der Waals surface area (Å²) in [5.74, 6) is 0. The zero-order chi connectivity index (χ0) is 17.5. The van der Waals surface area contributed by atoms with Gasteiger partial charge in [0, 0.05) is 18.6 Å². The van der Waals surface area contributed by atoms with Crippen molar-refractivity contribution in [2.75, 3.05) is 13.6 Å². The predicted molar refractivity (Wildman–Crippen MR) is 94.0 cm³/mol. The molecule has 24 heavy (non-hydrogen) atoms. The van der Waals surface area contributed by atoms with Crippen molar-refractivity contribution in [1.29, 1.82) is 0 Å². The highest BCUT2D eigenvalue weighted by atomic mass is 16.6. The minimum absolute atomic E-state index is 0.0151. The van der Waals surface area contributed by atoms with Gasteiger partial charge in [-0.25, -0.2) is 0 Å². The van der Waals surface area contributed by atoms with Crippen LogP contribution >= 0.6 is 0 Å². The van der Waals surface area contributed by atoms with Crippen LogP contribution in [-0.4, -0.2) is 29.7 Å². The number of nitrogens with one attached hydrogen (secondary N) is 1. The topological polar surface area (TPSA) is 67.8 Å². The van der Waals surface area contributed by atoms with E-state index < -0.39 is 11.0 Å². The Morgan fingerprint density at radius 1 is 1.17 bits per heavy atom. The minimum atomic E-state index is -0.705. The van der Waals surface area contributed by atoms with Crippen LogP contribution in [-0.2, 0) is 6.42 Å². The molecule has 0 aromatic heterocycles. The number of aliphatic hydroxyl groups excluding tert-OH is 1. The summed E-state index contributed by atoms with van der Waals surface area (Å²) in [7, 11) is 2.05. The maximum absolute atomic E-state index is 10.8. The van der Waals surface area contributed by atoms with Crippen LogP contribution in [0.3, 0.4) is 0 Å². The van der Waals surface area contributed by atoms with E-state index in [9.17, 15) is 15.2 Å².